The molecule has 1 aliphatic heterocycles. The average molecular weight is 480 g/mol. The van der Waals surface area contributed by atoms with Gasteiger partial charge in [-0.1, -0.05) is 0 Å². The summed E-state index contributed by atoms with van der Waals surface area (Å²) in [5.41, 5.74) is 1.35. The van der Waals surface area contributed by atoms with Crippen LogP contribution in [0.15, 0.2) is 74.3 Å². The average Bonchev–Trinajstić information content (AvgIpc) is 3.45. The summed E-state index contributed by atoms with van der Waals surface area (Å²) in [5.74, 6) is 0.803. The number of benzene rings is 2. The quantitative estimate of drug-likeness (QED) is 0.296. The van der Waals surface area contributed by atoms with Crippen molar-refractivity contribution in [2.75, 3.05) is 14.2 Å². The van der Waals surface area contributed by atoms with E-state index in [1.807, 2.05) is 0 Å². The van der Waals surface area contributed by atoms with Crippen LogP contribution in [0.25, 0.3) is 6.08 Å². The number of nitrogens with zero attached hydrogens (tertiary/aromatic N) is 3. The fraction of sp³-hybridized carbons (Fsp3) is 0.125. The predicted molar refractivity (Wildman–Crippen MR) is 129 cm³/mol. The minimum atomic E-state index is -0.272. The van der Waals surface area contributed by atoms with Crippen LogP contribution < -0.4 is 9.47 Å². The van der Waals surface area contributed by atoms with E-state index in [0.29, 0.717) is 21.4 Å². The van der Waals surface area contributed by atoms with Crippen molar-refractivity contribution in [2.24, 2.45) is 10.2 Å². The Hall–Kier alpha value is -4.18. The van der Waals surface area contributed by atoms with Crippen LogP contribution in [0.2, 0.25) is 0 Å². The maximum Gasteiger partial charge on any atom is 0.267 e. The monoisotopic (exact) mass is 479 g/mol. The van der Waals surface area contributed by atoms with Crippen LogP contribution in [0.1, 0.15) is 16.9 Å². The summed E-state index contributed by atoms with van der Waals surface area (Å²) in [4.78, 5) is 15.1. The van der Waals surface area contributed by atoms with E-state index >= 15 is 0 Å². The molecule has 2 aromatic carbocycles. The minimum Gasteiger partial charge on any atom is -0.508 e. The van der Waals surface area contributed by atoms with Crippen LogP contribution in [-0.4, -0.2) is 46.6 Å². The molecule has 1 fully saturated rings. The molecule has 4 rings (SSSR count). The molecule has 0 saturated carbocycles. The van der Waals surface area contributed by atoms with Crippen LogP contribution in [0.4, 0.5) is 0 Å². The van der Waals surface area contributed by atoms with Gasteiger partial charge in [0.05, 0.1) is 38.1 Å². The zero-order valence-electron chi connectivity index (χ0n) is 18.3. The van der Waals surface area contributed by atoms with E-state index in [9.17, 15) is 15.0 Å². The lowest BCUT2D eigenvalue weighted by Crippen LogP contribution is -2.28. The molecular formula is C24H21N3O6S. The molecule has 174 valence electrons. The van der Waals surface area contributed by atoms with E-state index in [1.165, 1.54) is 31.6 Å². The number of methoxy groups -OCH3 is 2. The molecule has 3 aromatic rings. The van der Waals surface area contributed by atoms with Crippen LogP contribution in [0.3, 0.4) is 0 Å². The number of carbonyl (C=O) groups excluding carboxylic acids is 1. The van der Waals surface area contributed by atoms with Crippen molar-refractivity contribution in [3.8, 4) is 23.0 Å². The SMILES string of the molecule is COc1cc(/C=C2\S/C(=N\N=C\c3ccc(O)cc3)N(Cc3ccco3)C2=O)cc(OC)c1O. The molecule has 2 N–H and O–H groups in total. The maximum atomic E-state index is 13.2. The van der Waals surface area contributed by atoms with Gasteiger partial charge in [0.2, 0.25) is 5.75 Å². The smallest absolute Gasteiger partial charge is 0.267 e. The minimum absolute atomic E-state index is 0.122. The fourth-order valence-electron chi connectivity index (χ4n) is 3.13. The summed E-state index contributed by atoms with van der Waals surface area (Å²) in [7, 11) is 2.87. The molecule has 9 nitrogen and oxygen atoms in total. The summed E-state index contributed by atoms with van der Waals surface area (Å²) in [6.45, 7) is 0.186. The number of amides is 1. The Labute approximate surface area is 199 Å². The number of rotatable bonds is 7. The maximum absolute atomic E-state index is 13.2. The number of hydrogen-bond acceptors (Lipinski definition) is 9. The third kappa shape index (κ3) is 5.07. The first-order valence-electron chi connectivity index (χ1n) is 10.1. The van der Waals surface area contributed by atoms with Crippen molar-refractivity contribution in [3.63, 3.8) is 0 Å². The highest BCUT2D eigenvalue weighted by atomic mass is 32.2. The lowest BCUT2D eigenvalue weighted by Gasteiger charge is -2.12. The summed E-state index contributed by atoms with van der Waals surface area (Å²) in [5, 5.41) is 28.3. The van der Waals surface area contributed by atoms with Gasteiger partial charge < -0.3 is 24.1 Å². The number of hydrogen-bond donors (Lipinski definition) is 2. The van der Waals surface area contributed by atoms with Gasteiger partial charge in [0, 0.05) is 0 Å². The molecule has 1 saturated heterocycles. The van der Waals surface area contributed by atoms with Crippen molar-refractivity contribution in [2.45, 2.75) is 6.54 Å². The number of amidine groups is 1. The first-order chi connectivity index (χ1) is 16.5. The van der Waals surface area contributed by atoms with Gasteiger partial charge in [-0.3, -0.25) is 9.69 Å². The third-order valence-corrected chi connectivity index (χ3v) is 5.82. The molecule has 0 radical (unpaired) electrons. The van der Waals surface area contributed by atoms with Crippen molar-refractivity contribution in [1.82, 2.24) is 4.90 Å². The third-order valence-electron chi connectivity index (χ3n) is 4.83. The molecular weight excluding hydrogens is 458 g/mol. The topological polar surface area (TPSA) is 117 Å². The van der Waals surface area contributed by atoms with Gasteiger partial charge in [-0.2, -0.15) is 5.10 Å². The second-order valence-electron chi connectivity index (χ2n) is 7.07. The number of thioether (sulfide) groups is 1. The first-order valence-corrected chi connectivity index (χ1v) is 10.9. The van der Waals surface area contributed by atoms with Crippen molar-refractivity contribution in [1.29, 1.82) is 0 Å². The van der Waals surface area contributed by atoms with Gasteiger partial charge in [-0.05, 0) is 77.5 Å². The Bertz CT molecular complexity index is 1240. The molecule has 2 heterocycles. The van der Waals surface area contributed by atoms with Crippen LogP contribution >= 0.6 is 11.8 Å². The molecule has 1 amide bonds. The van der Waals surface area contributed by atoms with Gasteiger partial charge >= 0.3 is 0 Å². The largest absolute Gasteiger partial charge is 0.508 e. The molecule has 10 heteroatoms. The fourth-order valence-corrected chi connectivity index (χ4v) is 4.07. The molecule has 0 aliphatic carbocycles. The van der Waals surface area contributed by atoms with Gasteiger partial charge in [-0.15, -0.1) is 5.10 Å². The lowest BCUT2D eigenvalue weighted by molar-refractivity contribution is -0.122. The predicted octanol–water partition coefficient (Wildman–Crippen LogP) is 4.21. The standard InChI is InChI=1S/C24H21N3O6S/c1-31-19-10-16(11-20(32-2)22(19)29)12-21-23(30)27(14-18-4-3-9-33-18)24(34-21)26-25-13-15-5-7-17(28)8-6-15/h3-13,28-29H,14H2,1-2H3/b21-12-,25-13+,26-24-. The summed E-state index contributed by atoms with van der Waals surface area (Å²) < 4.78 is 15.8. The number of furan rings is 1. The van der Waals surface area contributed by atoms with E-state index in [-0.39, 0.29) is 35.4 Å². The molecule has 34 heavy (non-hydrogen) atoms. The van der Waals surface area contributed by atoms with E-state index in [4.69, 9.17) is 13.9 Å². The van der Waals surface area contributed by atoms with Gasteiger partial charge in [-0.25, -0.2) is 0 Å². The number of carbonyl (C=O) groups is 1. The van der Waals surface area contributed by atoms with E-state index in [1.54, 1.807) is 54.6 Å². The molecule has 1 aromatic heterocycles. The molecule has 0 unspecified atom stereocenters. The number of phenolic OH excluding ortho intramolecular Hbond substituents is 2. The summed E-state index contributed by atoms with van der Waals surface area (Å²) in [6, 6.07) is 13.2. The second kappa shape index (κ2) is 10.2. The highest BCUT2D eigenvalue weighted by Gasteiger charge is 2.34. The highest BCUT2D eigenvalue weighted by Crippen LogP contribution is 2.39. The molecule has 0 bridgehead atoms. The van der Waals surface area contributed by atoms with E-state index < -0.39 is 0 Å². The molecule has 0 atom stereocenters. The number of ether oxygens (including phenoxy) is 2. The summed E-state index contributed by atoms with van der Waals surface area (Å²) in [6.07, 6.45) is 4.73. The van der Waals surface area contributed by atoms with Crippen LogP contribution in [0, 0.1) is 0 Å². The Morgan fingerprint density at radius 2 is 1.76 bits per heavy atom. The normalized spacial score (nSPS) is 16.2. The van der Waals surface area contributed by atoms with Gasteiger partial charge in [0.15, 0.2) is 16.7 Å². The first kappa shape index (κ1) is 23.0. The highest BCUT2D eigenvalue weighted by molar-refractivity contribution is 8.18. The Morgan fingerprint density at radius 1 is 1.06 bits per heavy atom. The summed E-state index contributed by atoms with van der Waals surface area (Å²) >= 11 is 1.16. The van der Waals surface area contributed by atoms with E-state index in [2.05, 4.69) is 10.2 Å². The van der Waals surface area contributed by atoms with Crippen molar-refractivity contribution in [3.05, 3.63) is 76.6 Å². The zero-order valence-corrected chi connectivity index (χ0v) is 19.2. The van der Waals surface area contributed by atoms with Gasteiger partial charge in [0.1, 0.15) is 11.5 Å². The van der Waals surface area contributed by atoms with Crippen molar-refractivity contribution >= 4 is 35.1 Å². The molecule has 0 spiro atoms. The van der Waals surface area contributed by atoms with Gasteiger partial charge in [0.25, 0.3) is 5.91 Å². The number of phenols is 2. The Morgan fingerprint density at radius 3 is 2.38 bits per heavy atom. The van der Waals surface area contributed by atoms with E-state index in [0.717, 1.165) is 17.3 Å². The van der Waals surface area contributed by atoms with Crippen molar-refractivity contribution < 1.29 is 28.9 Å². The number of aromatic hydroxyl groups is 2. The van der Waals surface area contributed by atoms with Crippen LogP contribution in [0.5, 0.6) is 23.0 Å². The second-order valence-corrected chi connectivity index (χ2v) is 8.08. The molecule has 1 aliphatic rings. The Kier molecular flexibility index (Phi) is 6.88. The van der Waals surface area contributed by atoms with Crippen LogP contribution in [-0.2, 0) is 11.3 Å². The Balaban J connectivity index is 1.66. The zero-order chi connectivity index (χ0) is 24.1. The lowest BCUT2D eigenvalue weighted by atomic mass is 10.1.